The van der Waals surface area contributed by atoms with Crippen molar-refractivity contribution in [3.8, 4) is 0 Å². The molecule has 1 aromatic heterocycles. The standard InChI is InChI=1S/C15H21N3O2S/c1-5-18-14(6-7-16-18)10-17-21(19,20)15-12(3)8-11(2)9-13(15)4/h6-9,17H,5,10H2,1-4H3. The van der Waals surface area contributed by atoms with Gasteiger partial charge in [0.15, 0.2) is 0 Å². The molecule has 21 heavy (non-hydrogen) atoms. The van der Waals surface area contributed by atoms with E-state index in [1.54, 1.807) is 10.9 Å². The highest BCUT2D eigenvalue weighted by Gasteiger charge is 2.20. The number of sulfonamides is 1. The summed E-state index contributed by atoms with van der Waals surface area (Å²) in [6, 6.07) is 5.59. The molecule has 1 heterocycles. The molecule has 0 atom stereocenters. The van der Waals surface area contributed by atoms with E-state index in [0.29, 0.717) is 11.4 Å². The van der Waals surface area contributed by atoms with E-state index in [1.165, 1.54) is 0 Å². The van der Waals surface area contributed by atoms with Gasteiger partial charge in [-0.15, -0.1) is 0 Å². The minimum Gasteiger partial charge on any atom is -0.269 e. The summed E-state index contributed by atoms with van der Waals surface area (Å²) in [5, 5.41) is 4.14. The van der Waals surface area contributed by atoms with E-state index in [0.717, 1.165) is 22.4 Å². The van der Waals surface area contributed by atoms with Gasteiger partial charge in [0.1, 0.15) is 0 Å². The SMILES string of the molecule is CCn1nccc1CNS(=O)(=O)c1c(C)cc(C)cc1C. The molecule has 0 spiro atoms. The van der Waals surface area contributed by atoms with Gasteiger partial charge in [-0.05, 0) is 44.9 Å². The lowest BCUT2D eigenvalue weighted by Gasteiger charge is -2.13. The minimum absolute atomic E-state index is 0.239. The molecule has 0 fully saturated rings. The van der Waals surface area contributed by atoms with Crippen molar-refractivity contribution in [1.82, 2.24) is 14.5 Å². The predicted molar refractivity (Wildman–Crippen MR) is 82.6 cm³/mol. The summed E-state index contributed by atoms with van der Waals surface area (Å²) in [5.74, 6) is 0. The first-order valence-corrected chi connectivity index (χ1v) is 8.41. The number of nitrogens with zero attached hydrogens (tertiary/aromatic N) is 2. The summed E-state index contributed by atoms with van der Waals surface area (Å²) in [4.78, 5) is 0.371. The van der Waals surface area contributed by atoms with Crippen molar-refractivity contribution in [2.24, 2.45) is 0 Å². The van der Waals surface area contributed by atoms with Crippen molar-refractivity contribution in [2.75, 3.05) is 0 Å². The van der Waals surface area contributed by atoms with Crippen LogP contribution in [0, 0.1) is 20.8 Å². The average molecular weight is 307 g/mol. The molecular weight excluding hydrogens is 286 g/mol. The number of nitrogens with one attached hydrogen (secondary N) is 1. The molecule has 0 aliphatic rings. The summed E-state index contributed by atoms with van der Waals surface area (Å²) in [6.45, 7) is 8.54. The molecule has 1 aromatic carbocycles. The lowest BCUT2D eigenvalue weighted by Crippen LogP contribution is -2.26. The van der Waals surface area contributed by atoms with Crippen LogP contribution >= 0.6 is 0 Å². The van der Waals surface area contributed by atoms with Crippen molar-refractivity contribution in [3.63, 3.8) is 0 Å². The van der Waals surface area contributed by atoms with Crippen molar-refractivity contribution >= 4 is 10.0 Å². The number of hydrogen-bond donors (Lipinski definition) is 1. The molecule has 0 radical (unpaired) electrons. The molecule has 2 rings (SSSR count). The van der Waals surface area contributed by atoms with Gasteiger partial charge in [0.05, 0.1) is 17.1 Å². The maximum Gasteiger partial charge on any atom is 0.241 e. The second-order valence-corrected chi connectivity index (χ2v) is 6.89. The van der Waals surface area contributed by atoms with Crippen LogP contribution < -0.4 is 4.72 Å². The first-order valence-electron chi connectivity index (χ1n) is 6.93. The van der Waals surface area contributed by atoms with E-state index in [9.17, 15) is 8.42 Å². The summed E-state index contributed by atoms with van der Waals surface area (Å²) >= 11 is 0. The lowest BCUT2D eigenvalue weighted by molar-refractivity contribution is 0.569. The molecule has 1 N–H and O–H groups in total. The lowest BCUT2D eigenvalue weighted by atomic mass is 10.1. The second kappa shape index (κ2) is 5.99. The van der Waals surface area contributed by atoms with Crippen LogP contribution in [0.2, 0.25) is 0 Å². The Morgan fingerprint density at radius 1 is 1.19 bits per heavy atom. The molecule has 114 valence electrons. The van der Waals surface area contributed by atoms with Gasteiger partial charge in [0.25, 0.3) is 0 Å². The normalized spacial score (nSPS) is 11.8. The molecular formula is C15H21N3O2S. The molecule has 2 aromatic rings. The quantitative estimate of drug-likeness (QED) is 0.922. The molecule has 0 amide bonds. The van der Waals surface area contributed by atoms with E-state index in [2.05, 4.69) is 9.82 Å². The van der Waals surface area contributed by atoms with Gasteiger partial charge in [-0.3, -0.25) is 4.68 Å². The number of rotatable bonds is 5. The molecule has 0 saturated carbocycles. The number of aryl methyl sites for hydroxylation is 4. The Labute approximate surface area is 126 Å². The topological polar surface area (TPSA) is 64.0 Å². The molecule has 0 bridgehead atoms. The highest BCUT2D eigenvalue weighted by atomic mass is 32.2. The summed E-state index contributed by atoms with van der Waals surface area (Å²) in [6.07, 6.45) is 1.68. The predicted octanol–water partition coefficient (Wildman–Crippen LogP) is 2.31. The van der Waals surface area contributed by atoms with Crippen LogP contribution in [0.25, 0.3) is 0 Å². The largest absolute Gasteiger partial charge is 0.269 e. The fourth-order valence-corrected chi connectivity index (χ4v) is 4.07. The summed E-state index contributed by atoms with van der Waals surface area (Å²) in [7, 11) is -3.53. The van der Waals surface area contributed by atoms with E-state index in [-0.39, 0.29) is 6.54 Å². The van der Waals surface area contributed by atoms with Gasteiger partial charge in [-0.1, -0.05) is 17.7 Å². The van der Waals surface area contributed by atoms with Crippen LogP contribution in [0.3, 0.4) is 0 Å². The zero-order valence-corrected chi connectivity index (χ0v) is 13.7. The molecule has 0 aliphatic heterocycles. The highest BCUT2D eigenvalue weighted by molar-refractivity contribution is 7.89. The summed E-state index contributed by atoms with van der Waals surface area (Å²) < 4.78 is 29.5. The highest BCUT2D eigenvalue weighted by Crippen LogP contribution is 2.21. The Kier molecular flexibility index (Phi) is 4.49. The smallest absolute Gasteiger partial charge is 0.241 e. The number of benzene rings is 1. The third-order valence-corrected chi connectivity index (χ3v) is 5.13. The number of aromatic nitrogens is 2. The van der Waals surface area contributed by atoms with E-state index in [4.69, 9.17) is 0 Å². The van der Waals surface area contributed by atoms with Crippen molar-refractivity contribution in [1.29, 1.82) is 0 Å². The van der Waals surface area contributed by atoms with E-state index < -0.39 is 10.0 Å². The maximum absolute atomic E-state index is 12.5. The van der Waals surface area contributed by atoms with Crippen LogP contribution in [0.1, 0.15) is 29.3 Å². The van der Waals surface area contributed by atoms with Gasteiger partial charge >= 0.3 is 0 Å². The Bertz CT molecular complexity index is 725. The Balaban J connectivity index is 2.27. The van der Waals surface area contributed by atoms with Gasteiger partial charge in [0.2, 0.25) is 10.0 Å². The van der Waals surface area contributed by atoms with Gasteiger partial charge in [0, 0.05) is 12.7 Å². The molecule has 6 heteroatoms. The third-order valence-electron chi connectivity index (χ3n) is 3.42. The third kappa shape index (κ3) is 3.33. The average Bonchev–Trinajstić information content (AvgIpc) is 2.82. The van der Waals surface area contributed by atoms with Crippen LogP contribution in [-0.2, 0) is 23.1 Å². The van der Waals surface area contributed by atoms with Gasteiger partial charge < -0.3 is 0 Å². The van der Waals surface area contributed by atoms with Crippen LogP contribution in [0.5, 0.6) is 0 Å². The Morgan fingerprint density at radius 2 is 1.81 bits per heavy atom. The van der Waals surface area contributed by atoms with Gasteiger partial charge in [-0.2, -0.15) is 5.10 Å². The van der Waals surface area contributed by atoms with Gasteiger partial charge in [-0.25, -0.2) is 13.1 Å². The first kappa shape index (κ1) is 15.7. The Morgan fingerprint density at radius 3 is 2.38 bits per heavy atom. The fraction of sp³-hybridized carbons (Fsp3) is 0.400. The monoisotopic (exact) mass is 307 g/mol. The molecule has 0 saturated heterocycles. The second-order valence-electron chi connectivity index (χ2n) is 5.19. The van der Waals surface area contributed by atoms with E-state index >= 15 is 0 Å². The van der Waals surface area contributed by atoms with Crippen molar-refractivity contribution < 1.29 is 8.42 Å². The summed E-state index contributed by atoms with van der Waals surface area (Å²) in [5.41, 5.74) is 3.45. The van der Waals surface area contributed by atoms with E-state index in [1.807, 2.05) is 45.9 Å². The molecule has 0 unspecified atom stereocenters. The number of hydrogen-bond acceptors (Lipinski definition) is 3. The van der Waals surface area contributed by atoms with Crippen LogP contribution in [-0.4, -0.2) is 18.2 Å². The van der Waals surface area contributed by atoms with Crippen LogP contribution in [0.15, 0.2) is 29.3 Å². The first-order chi connectivity index (χ1) is 9.85. The van der Waals surface area contributed by atoms with Crippen molar-refractivity contribution in [2.45, 2.75) is 45.7 Å². The minimum atomic E-state index is -3.53. The maximum atomic E-state index is 12.5. The molecule has 5 nitrogen and oxygen atoms in total. The zero-order chi connectivity index (χ0) is 15.6. The van der Waals surface area contributed by atoms with Crippen molar-refractivity contribution in [3.05, 3.63) is 46.8 Å². The van der Waals surface area contributed by atoms with Crippen LogP contribution in [0.4, 0.5) is 0 Å². The zero-order valence-electron chi connectivity index (χ0n) is 12.8. The fourth-order valence-electron chi connectivity index (χ4n) is 2.63. The molecule has 0 aliphatic carbocycles. The Hall–Kier alpha value is -1.66.